The summed E-state index contributed by atoms with van der Waals surface area (Å²) >= 11 is 0. The fraction of sp³-hybridized carbons (Fsp3) is 0.826. The third kappa shape index (κ3) is 9.97. The van der Waals surface area contributed by atoms with Crippen molar-refractivity contribution in [1.29, 1.82) is 0 Å². The van der Waals surface area contributed by atoms with Crippen LogP contribution in [0.1, 0.15) is 97.8 Å². The number of allylic oxidation sites excluding steroid dienone is 2. The minimum Gasteiger partial charge on any atom is -0.481 e. The molecule has 1 rings (SSSR count). The highest BCUT2D eigenvalue weighted by Gasteiger charge is 2.36. The molecular weight excluding hydrogens is 340 g/mol. The lowest BCUT2D eigenvalue weighted by Gasteiger charge is -2.27. The van der Waals surface area contributed by atoms with Crippen LogP contribution < -0.4 is 0 Å². The van der Waals surface area contributed by atoms with E-state index >= 15 is 0 Å². The van der Waals surface area contributed by atoms with Crippen LogP contribution >= 0.6 is 0 Å². The van der Waals surface area contributed by atoms with Crippen molar-refractivity contribution in [2.45, 2.75) is 104 Å². The highest BCUT2D eigenvalue weighted by atomic mass is 16.5. The molecule has 3 unspecified atom stereocenters. The Hall–Kier alpha value is -1.32. The van der Waals surface area contributed by atoms with Crippen molar-refractivity contribution in [2.75, 3.05) is 0 Å². The van der Waals surface area contributed by atoms with Gasteiger partial charge in [0.1, 0.15) is 6.10 Å². The van der Waals surface area contributed by atoms with Crippen molar-refractivity contribution < 1.29 is 19.4 Å². The largest absolute Gasteiger partial charge is 0.481 e. The molecule has 0 fully saturated rings. The molecule has 0 heterocycles. The fourth-order valence-electron chi connectivity index (χ4n) is 3.86. The van der Waals surface area contributed by atoms with E-state index in [0.29, 0.717) is 18.8 Å². The molecular formula is C23H40O4. The zero-order valence-corrected chi connectivity index (χ0v) is 17.6. The summed E-state index contributed by atoms with van der Waals surface area (Å²) in [5.74, 6) is -1.95. The molecule has 3 atom stereocenters. The standard InChI is InChI=1S/C23H40O4/c1-4-5-6-7-8-9-10-11-14-19(17-18(2)3)27-23(26)21-16-13-12-15-20(21)22(24)25/h12-13,18-21H,4-11,14-17H2,1-3H3,(H,24,25). The van der Waals surface area contributed by atoms with Gasteiger partial charge in [-0.25, -0.2) is 0 Å². The van der Waals surface area contributed by atoms with Gasteiger partial charge in [0.05, 0.1) is 11.8 Å². The number of hydrogen-bond acceptors (Lipinski definition) is 3. The quantitative estimate of drug-likeness (QED) is 0.223. The molecule has 27 heavy (non-hydrogen) atoms. The van der Waals surface area contributed by atoms with Crippen molar-refractivity contribution in [3.8, 4) is 0 Å². The molecule has 1 aliphatic rings. The second-order valence-electron chi connectivity index (χ2n) is 8.45. The van der Waals surface area contributed by atoms with Gasteiger partial charge >= 0.3 is 11.9 Å². The zero-order chi connectivity index (χ0) is 20.1. The van der Waals surface area contributed by atoms with Gasteiger partial charge in [-0.3, -0.25) is 9.59 Å². The van der Waals surface area contributed by atoms with Gasteiger partial charge in [-0.1, -0.05) is 77.9 Å². The minimum atomic E-state index is -0.898. The lowest BCUT2D eigenvalue weighted by atomic mass is 9.83. The topological polar surface area (TPSA) is 63.6 Å². The van der Waals surface area contributed by atoms with E-state index in [1.807, 2.05) is 12.2 Å². The molecule has 0 saturated carbocycles. The average Bonchev–Trinajstić information content (AvgIpc) is 2.63. The number of ether oxygens (including phenoxy) is 1. The molecule has 0 bridgehead atoms. The lowest BCUT2D eigenvalue weighted by Crippen LogP contribution is -2.34. The molecule has 156 valence electrons. The number of carbonyl (C=O) groups is 2. The van der Waals surface area contributed by atoms with Crippen LogP contribution in [0, 0.1) is 17.8 Å². The van der Waals surface area contributed by atoms with E-state index < -0.39 is 17.8 Å². The first-order valence-electron chi connectivity index (χ1n) is 11.0. The number of unbranched alkanes of at least 4 members (excludes halogenated alkanes) is 7. The Morgan fingerprint density at radius 2 is 1.52 bits per heavy atom. The second-order valence-corrected chi connectivity index (χ2v) is 8.45. The normalized spacial score (nSPS) is 20.6. The maximum absolute atomic E-state index is 12.6. The second kappa shape index (κ2) is 13.8. The summed E-state index contributed by atoms with van der Waals surface area (Å²) in [7, 11) is 0. The van der Waals surface area contributed by atoms with Gasteiger partial charge in [0.2, 0.25) is 0 Å². The van der Waals surface area contributed by atoms with Crippen molar-refractivity contribution >= 4 is 11.9 Å². The molecule has 0 radical (unpaired) electrons. The monoisotopic (exact) mass is 380 g/mol. The Labute approximate surface area is 165 Å². The number of esters is 1. The zero-order valence-electron chi connectivity index (χ0n) is 17.6. The van der Waals surface area contributed by atoms with Crippen LogP contribution in [0.3, 0.4) is 0 Å². The van der Waals surface area contributed by atoms with Crippen molar-refractivity contribution in [3.63, 3.8) is 0 Å². The summed E-state index contributed by atoms with van der Waals surface area (Å²) < 4.78 is 5.80. The van der Waals surface area contributed by atoms with Gasteiger partial charge in [0, 0.05) is 0 Å². The van der Waals surface area contributed by atoms with Crippen LogP contribution in [-0.4, -0.2) is 23.1 Å². The van der Waals surface area contributed by atoms with Gasteiger partial charge in [-0.05, 0) is 38.0 Å². The Morgan fingerprint density at radius 1 is 0.963 bits per heavy atom. The first-order chi connectivity index (χ1) is 13.0. The lowest BCUT2D eigenvalue weighted by molar-refractivity contribution is -0.162. The summed E-state index contributed by atoms with van der Waals surface area (Å²) in [4.78, 5) is 24.1. The Kier molecular flexibility index (Phi) is 12.1. The van der Waals surface area contributed by atoms with Crippen molar-refractivity contribution in [2.24, 2.45) is 17.8 Å². The predicted octanol–water partition coefficient (Wildman–Crippen LogP) is 6.14. The number of hydrogen-bond donors (Lipinski definition) is 1. The maximum Gasteiger partial charge on any atom is 0.310 e. The first-order valence-corrected chi connectivity index (χ1v) is 11.0. The number of aliphatic carboxylic acids is 1. The summed E-state index contributed by atoms with van der Waals surface area (Å²) in [6.07, 6.45) is 16.4. The number of carbonyl (C=O) groups excluding carboxylic acids is 1. The van der Waals surface area contributed by atoms with E-state index in [9.17, 15) is 14.7 Å². The third-order valence-corrected chi connectivity index (χ3v) is 5.45. The predicted molar refractivity (Wildman–Crippen MR) is 110 cm³/mol. The van der Waals surface area contributed by atoms with Crippen molar-refractivity contribution in [1.82, 2.24) is 0 Å². The van der Waals surface area contributed by atoms with E-state index in [1.54, 1.807) is 0 Å². The summed E-state index contributed by atoms with van der Waals surface area (Å²) in [5.41, 5.74) is 0. The molecule has 4 heteroatoms. The highest BCUT2D eigenvalue weighted by molar-refractivity contribution is 5.81. The fourth-order valence-corrected chi connectivity index (χ4v) is 3.86. The van der Waals surface area contributed by atoms with Crippen LogP contribution in [0.2, 0.25) is 0 Å². The minimum absolute atomic E-state index is 0.0852. The van der Waals surface area contributed by atoms with E-state index in [2.05, 4.69) is 20.8 Å². The van der Waals surface area contributed by atoms with E-state index in [0.717, 1.165) is 19.3 Å². The molecule has 0 aromatic heterocycles. The van der Waals surface area contributed by atoms with Crippen LogP contribution in [0.25, 0.3) is 0 Å². The van der Waals surface area contributed by atoms with Crippen LogP contribution in [0.4, 0.5) is 0 Å². The maximum atomic E-state index is 12.6. The molecule has 1 aliphatic carbocycles. The van der Waals surface area contributed by atoms with Gasteiger partial charge in [-0.2, -0.15) is 0 Å². The number of carboxylic acids is 1. The SMILES string of the molecule is CCCCCCCCCCC(CC(C)C)OC(=O)C1CC=CCC1C(=O)O. The third-order valence-electron chi connectivity index (χ3n) is 5.45. The molecule has 0 aromatic rings. The smallest absolute Gasteiger partial charge is 0.310 e. The summed E-state index contributed by atoms with van der Waals surface area (Å²) in [6, 6.07) is 0. The molecule has 0 spiro atoms. The Bertz CT molecular complexity index is 455. The van der Waals surface area contributed by atoms with Gasteiger partial charge < -0.3 is 9.84 Å². The van der Waals surface area contributed by atoms with Crippen LogP contribution in [0.15, 0.2) is 12.2 Å². The van der Waals surface area contributed by atoms with Gasteiger partial charge in [0.25, 0.3) is 0 Å². The molecule has 0 aromatic carbocycles. The van der Waals surface area contributed by atoms with Crippen molar-refractivity contribution in [3.05, 3.63) is 12.2 Å². The first kappa shape index (κ1) is 23.7. The van der Waals surface area contributed by atoms with Gasteiger partial charge in [0.15, 0.2) is 0 Å². The van der Waals surface area contributed by atoms with Gasteiger partial charge in [-0.15, -0.1) is 0 Å². The summed E-state index contributed by atoms with van der Waals surface area (Å²) in [5, 5.41) is 9.37. The number of carboxylic acid groups (broad SMARTS) is 1. The summed E-state index contributed by atoms with van der Waals surface area (Å²) in [6.45, 7) is 6.51. The molecule has 0 aliphatic heterocycles. The van der Waals surface area contributed by atoms with E-state index in [-0.39, 0.29) is 12.1 Å². The molecule has 0 amide bonds. The number of rotatable bonds is 14. The molecule has 4 nitrogen and oxygen atoms in total. The van der Waals surface area contributed by atoms with E-state index in [4.69, 9.17) is 4.74 Å². The average molecular weight is 381 g/mol. The molecule has 0 saturated heterocycles. The van der Waals surface area contributed by atoms with E-state index in [1.165, 1.54) is 44.9 Å². The Balaban J connectivity index is 2.41. The van der Waals surface area contributed by atoms with Crippen LogP contribution in [0.5, 0.6) is 0 Å². The molecule has 1 N–H and O–H groups in total. The Morgan fingerprint density at radius 3 is 2.07 bits per heavy atom. The van der Waals surface area contributed by atoms with Crippen LogP contribution in [-0.2, 0) is 14.3 Å². The highest BCUT2D eigenvalue weighted by Crippen LogP contribution is 2.28.